The van der Waals surface area contributed by atoms with E-state index in [4.69, 9.17) is 0 Å². The average Bonchev–Trinajstić information content (AvgIpc) is 1.00. The van der Waals surface area contributed by atoms with Gasteiger partial charge in [-0.3, -0.25) is 0 Å². The Morgan fingerprint density at radius 2 is 1.00 bits per heavy atom. The molecule has 30 valence electrons. The molecule has 0 aliphatic carbocycles. The van der Waals surface area contributed by atoms with E-state index in [1.54, 1.807) is 0 Å². The van der Waals surface area contributed by atoms with Gasteiger partial charge in [0.15, 0.2) is 0 Å². The van der Waals surface area contributed by atoms with Gasteiger partial charge in [0.2, 0.25) is 0 Å². The van der Waals surface area contributed by atoms with E-state index in [2.05, 4.69) is 5.73 Å². The Hall–Kier alpha value is 1.42. The van der Waals surface area contributed by atoms with Crippen molar-refractivity contribution in [3.8, 4) is 0 Å². The van der Waals surface area contributed by atoms with E-state index in [1.807, 2.05) is 0 Å². The van der Waals surface area contributed by atoms with Crippen LogP contribution in [-0.4, -0.2) is 7.05 Å². The van der Waals surface area contributed by atoms with Crippen molar-refractivity contribution in [2.45, 2.75) is 0 Å². The lowest BCUT2D eigenvalue weighted by Gasteiger charge is -1.19. The van der Waals surface area contributed by atoms with Gasteiger partial charge in [0.05, 0.1) is 0 Å². The van der Waals surface area contributed by atoms with Crippen LogP contribution in [0.1, 0.15) is 0 Å². The van der Waals surface area contributed by atoms with E-state index in [0.29, 0.717) is 0 Å². The molecule has 0 aliphatic rings. The highest BCUT2D eigenvalue weighted by atomic mass is 127. The summed E-state index contributed by atoms with van der Waals surface area (Å²) in [6, 6.07) is 0. The second-order valence-electron chi connectivity index (χ2n) is 0. The molecular formula is CH7I2N. The molecule has 0 saturated carbocycles. The van der Waals surface area contributed by atoms with Gasteiger partial charge in [0.1, 0.15) is 0 Å². The number of hydrogen-bond donors (Lipinski definition) is 1. The molecule has 0 aromatic rings. The molecule has 3 heteroatoms. The fourth-order valence-electron chi connectivity index (χ4n) is 0. The Balaban J connectivity index is -0.00000000500. The van der Waals surface area contributed by atoms with Gasteiger partial charge < -0.3 is 5.73 Å². The van der Waals surface area contributed by atoms with Crippen LogP contribution in [0.4, 0.5) is 0 Å². The second kappa shape index (κ2) is 25.6. The van der Waals surface area contributed by atoms with Crippen LogP contribution in [0, 0.1) is 0 Å². The first-order valence-electron chi connectivity index (χ1n) is 0.577. The van der Waals surface area contributed by atoms with Crippen molar-refractivity contribution in [3.63, 3.8) is 0 Å². The van der Waals surface area contributed by atoms with Crippen LogP contribution < -0.4 is 5.73 Å². The van der Waals surface area contributed by atoms with E-state index in [1.165, 1.54) is 7.05 Å². The van der Waals surface area contributed by atoms with E-state index < -0.39 is 0 Å². The molecule has 0 saturated heterocycles. The van der Waals surface area contributed by atoms with Gasteiger partial charge in [-0.25, -0.2) is 0 Å². The molecule has 0 aliphatic heterocycles. The summed E-state index contributed by atoms with van der Waals surface area (Å²) in [7, 11) is 1.50. The zero-order valence-corrected chi connectivity index (χ0v) is 7.05. The van der Waals surface area contributed by atoms with Crippen LogP contribution in [0.5, 0.6) is 0 Å². The van der Waals surface area contributed by atoms with Gasteiger partial charge in [-0.15, -0.1) is 48.0 Å². The quantitative estimate of drug-likeness (QED) is 0.656. The predicted octanol–water partition coefficient (Wildman–Crippen LogP) is 0.811. The van der Waals surface area contributed by atoms with Crippen molar-refractivity contribution in [1.82, 2.24) is 0 Å². The van der Waals surface area contributed by atoms with Gasteiger partial charge in [0.25, 0.3) is 0 Å². The third-order valence-corrected chi connectivity index (χ3v) is 0. The first-order chi connectivity index (χ1) is 1.00. The zero-order chi connectivity index (χ0) is 2.00. The molecule has 1 nitrogen and oxygen atoms in total. The predicted molar refractivity (Wildman–Crippen MR) is 40.9 cm³/mol. The number of halogens is 2. The number of rotatable bonds is 0. The highest BCUT2D eigenvalue weighted by molar-refractivity contribution is 14.0. The Labute approximate surface area is 60.4 Å². The van der Waals surface area contributed by atoms with Crippen molar-refractivity contribution >= 4 is 48.0 Å². The highest BCUT2D eigenvalue weighted by Crippen LogP contribution is 0.887. The SMILES string of the molecule is CN.I.I. The van der Waals surface area contributed by atoms with E-state index >= 15 is 0 Å². The highest BCUT2D eigenvalue weighted by Gasteiger charge is 0.836. The summed E-state index contributed by atoms with van der Waals surface area (Å²) >= 11 is 0. The number of hydrogen-bond acceptors (Lipinski definition) is 1. The van der Waals surface area contributed by atoms with Crippen LogP contribution in [0.25, 0.3) is 0 Å². The molecule has 0 heterocycles. The smallest absolute Gasteiger partial charge is 0.0195 e. The third-order valence-electron chi connectivity index (χ3n) is 0. The summed E-state index contributed by atoms with van der Waals surface area (Å²) in [6.45, 7) is 0. The maximum atomic E-state index is 4.50. The van der Waals surface area contributed by atoms with Crippen molar-refractivity contribution < 1.29 is 0 Å². The second-order valence-corrected chi connectivity index (χ2v) is 0. The molecule has 0 atom stereocenters. The Kier molecular flexibility index (Phi) is 116. The van der Waals surface area contributed by atoms with E-state index in [-0.39, 0.29) is 48.0 Å². The maximum Gasteiger partial charge on any atom is -0.0195 e. The summed E-state index contributed by atoms with van der Waals surface area (Å²) in [6.07, 6.45) is 0. The van der Waals surface area contributed by atoms with Crippen molar-refractivity contribution in [1.29, 1.82) is 0 Å². The molecule has 0 bridgehead atoms. The molecule has 0 fully saturated rings. The fourth-order valence-corrected chi connectivity index (χ4v) is 0. The average molecular weight is 287 g/mol. The molecule has 0 radical (unpaired) electrons. The summed E-state index contributed by atoms with van der Waals surface area (Å²) < 4.78 is 0. The molecule has 4 heavy (non-hydrogen) atoms. The van der Waals surface area contributed by atoms with Gasteiger partial charge >= 0.3 is 0 Å². The summed E-state index contributed by atoms with van der Waals surface area (Å²) in [5, 5.41) is 0. The standard InChI is InChI=1S/CH5N.2HI/c1-2;;/h2H2,1H3;2*1H. The van der Waals surface area contributed by atoms with E-state index in [9.17, 15) is 0 Å². The van der Waals surface area contributed by atoms with Crippen molar-refractivity contribution in [2.24, 2.45) is 5.73 Å². The Morgan fingerprint density at radius 1 is 1.00 bits per heavy atom. The lowest BCUT2D eigenvalue weighted by atomic mass is 11.6. The summed E-state index contributed by atoms with van der Waals surface area (Å²) in [5.41, 5.74) is 4.50. The van der Waals surface area contributed by atoms with E-state index in [0.717, 1.165) is 0 Å². The maximum absolute atomic E-state index is 4.50. The number of nitrogens with two attached hydrogens (primary N) is 1. The van der Waals surface area contributed by atoms with Crippen LogP contribution in [0.15, 0.2) is 0 Å². The van der Waals surface area contributed by atoms with Gasteiger partial charge in [-0.2, -0.15) is 0 Å². The molecule has 0 spiro atoms. The minimum absolute atomic E-state index is 0. The minimum Gasteiger partial charge on any atom is -0.333 e. The first kappa shape index (κ1) is 18.1. The minimum atomic E-state index is 0. The lowest BCUT2D eigenvalue weighted by Crippen LogP contribution is -1.69. The molecule has 0 aromatic carbocycles. The summed E-state index contributed by atoms with van der Waals surface area (Å²) in [5.74, 6) is 0. The van der Waals surface area contributed by atoms with Crippen molar-refractivity contribution in [3.05, 3.63) is 0 Å². The van der Waals surface area contributed by atoms with Crippen molar-refractivity contribution in [2.75, 3.05) is 7.05 Å². The van der Waals surface area contributed by atoms with Gasteiger partial charge in [-0.1, -0.05) is 0 Å². The fraction of sp³-hybridized carbons (Fsp3) is 1.00. The molecule has 0 amide bonds. The van der Waals surface area contributed by atoms with Gasteiger partial charge in [-0.05, 0) is 7.05 Å². The Morgan fingerprint density at radius 3 is 1.00 bits per heavy atom. The van der Waals surface area contributed by atoms with Crippen LogP contribution in [0.3, 0.4) is 0 Å². The Bertz CT molecular complexity index is 6.00. The molecule has 0 aromatic heterocycles. The normalized spacial score (nSPS) is 1.50. The van der Waals surface area contributed by atoms with Crippen LogP contribution in [-0.2, 0) is 0 Å². The topological polar surface area (TPSA) is 26.0 Å². The lowest BCUT2D eigenvalue weighted by molar-refractivity contribution is 1.48. The summed E-state index contributed by atoms with van der Waals surface area (Å²) in [4.78, 5) is 0. The van der Waals surface area contributed by atoms with Gasteiger partial charge in [0, 0.05) is 0 Å². The molecular weight excluding hydrogens is 280 g/mol. The molecule has 0 rings (SSSR count). The largest absolute Gasteiger partial charge is 0.333 e. The zero-order valence-electron chi connectivity index (χ0n) is 2.39. The monoisotopic (exact) mass is 287 g/mol. The van der Waals surface area contributed by atoms with Crippen LogP contribution >= 0.6 is 48.0 Å². The molecule has 0 unspecified atom stereocenters. The third kappa shape index (κ3) is 9.93. The van der Waals surface area contributed by atoms with Crippen LogP contribution in [0.2, 0.25) is 0 Å². The molecule has 2 N–H and O–H groups in total. The first-order valence-corrected chi connectivity index (χ1v) is 0.577.